The zero-order chi connectivity index (χ0) is 12.3. The fourth-order valence-electron chi connectivity index (χ4n) is 2.27. The van der Waals surface area contributed by atoms with E-state index in [4.69, 9.17) is 22.4 Å². The number of aliphatic hydroxyl groups is 1. The van der Waals surface area contributed by atoms with Crippen LogP contribution in [0, 0.1) is 5.92 Å². The Morgan fingerprint density at radius 3 is 3.18 bits per heavy atom. The number of aromatic nitrogens is 2. The lowest BCUT2D eigenvalue weighted by Crippen LogP contribution is -2.36. The van der Waals surface area contributed by atoms with Crippen LogP contribution in [0.4, 0.5) is 11.8 Å². The van der Waals surface area contributed by atoms with E-state index in [-0.39, 0.29) is 12.6 Å². The van der Waals surface area contributed by atoms with Gasteiger partial charge in [-0.25, -0.2) is 4.98 Å². The molecule has 0 amide bonds. The van der Waals surface area contributed by atoms with Crippen molar-refractivity contribution >= 4 is 23.4 Å². The molecule has 1 aliphatic heterocycles. The van der Waals surface area contributed by atoms with Crippen LogP contribution in [0.1, 0.15) is 19.3 Å². The number of anilines is 2. The summed E-state index contributed by atoms with van der Waals surface area (Å²) in [6.45, 7) is 2.03. The second kappa shape index (κ2) is 5.51. The average molecular weight is 257 g/mol. The molecule has 94 valence electrons. The van der Waals surface area contributed by atoms with Gasteiger partial charge in [0, 0.05) is 19.7 Å². The molecule has 0 bridgehead atoms. The summed E-state index contributed by atoms with van der Waals surface area (Å²) in [5.41, 5.74) is 5.58. The third kappa shape index (κ3) is 2.98. The molecule has 1 aliphatic rings. The van der Waals surface area contributed by atoms with E-state index < -0.39 is 0 Å². The first-order valence-corrected chi connectivity index (χ1v) is 6.22. The summed E-state index contributed by atoms with van der Waals surface area (Å²) in [6, 6.07) is 0. The lowest BCUT2D eigenvalue weighted by Gasteiger charge is -2.33. The molecule has 0 spiro atoms. The van der Waals surface area contributed by atoms with Crippen LogP contribution in [-0.2, 0) is 0 Å². The Balaban J connectivity index is 2.13. The molecule has 0 aromatic carbocycles. The zero-order valence-corrected chi connectivity index (χ0v) is 10.4. The molecule has 6 heteroatoms. The zero-order valence-electron chi connectivity index (χ0n) is 9.64. The average Bonchev–Trinajstić information content (AvgIpc) is 2.33. The van der Waals surface area contributed by atoms with E-state index in [0.29, 0.717) is 16.8 Å². The SMILES string of the molecule is Nc1ncc(Cl)c(N2CCCC(CCO)C2)n1. The van der Waals surface area contributed by atoms with Gasteiger partial charge in [-0.3, -0.25) is 0 Å². The summed E-state index contributed by atoms with van der Waals surface area (Å²) < 4.78 is 0. The van der Waals surface area contributed by atoms with Gasteiger partial charge in [0.2, 0.25) is 5.95 Å². The topological polar surface area (TPSA) is 75.3 Å². The Morgan fingerprint density at radius 2 is 2.41 bits per heavy atom. The molecule has 1 fully saturated rings. The smallest absolute Gasteiger partial charge is 0.222 e. The Bertz CT molecular complexity index is 386. The van der Waals surface area contributed by atoms with Gasteiger partial charge >= 0.3 is 0 Å². The van der Waals surface area contributed by atoms with Crippen molar-refractivity contribution in [2.75, 3.05) is 30.3 Å². The van der Waals surface area contributed by atoms with E-state index >= 15 is 0 Å². The Labute approximate surface area is 106 Å². The van der Waals surface area contributed by atoms with Crippen LogP contribution in [0.3, 0.4) is 0 Å². The van der Waals surface area contributed by atoms with Crippen molar-refractivity contribution in [2.45, 2.75) is 19.3 Å². The van der Waals surface area contributed by atoms with Crippen LogP contribution >= 0.6 is 11.6 Å². The fourth-order valence-corrected chi connectivity index (χ4v) is 2.48. The van der Waals surface area contributed by atoms with E-state index in [2.05, 4.69) is 14.9 Å². The van der Waals surface area contributed by atoms with Crippen LogP contribution in [-0.4, -0.2) is 34.8 Å². The number of halogens is 1. The molecule has 0 aliphatic carbocycles. The van der Waals surface area contributed by atoms with Crippen molar-refractivity contribution in [2.24, 2.45) is 5.92 Å². The summed E-state index contributed by atoms with van der Waals surface area (Å²) >= 11 is 6.08. The summed E-state index contributed by atoms with van der Waals surface area (Å²) in [5.74, 6) is 1.46. The number of nitrogens with zero attached hydrogens (tertiary/aromatic N) is 3. The summed E-state index contributed by atoms with van der Waals surface area (Å²) in [6.07, 6.45) is 4.60. The predicted octanol–water partition coefficient (Wildman–Crippen LogP) is 1.31. The van der Waals surface area contributed by atoms with Crippen LogP contribution in [0.2, 0.25) is 5.02 Å². The lowest BCUT2D eigenvalue weighted by molar-refractivity contribution is 0.244. The molecule has 2 rings (SSSR count). The van der Waals surface area contributed by atoms with E-state index in [0.717, 1.165) is 32.4 Å². The van der Waals surface area contributed by atoms with E-state index in [1.165, 1.54) is 6.20 Å². The number of nitrogen functional groups attached to an aromatic ring is 1. The van der Waals surface area contributed by atoms with Crippen LogP contribution < -0.4 is 10.6 Å². The first kappa shape index (κ1) is 12.4. The standard InChI is InChI=1S/C11H17ClN4O/c12-9-6-14-11(13)15-10(9)16-4-1-2-8(7-16)3-5-17/h6,8,17H,1-5,7H2,(H2,13,14,15). The molecular formula is C11H17ClN4O. The van der Waals surface area contributed by atoms with Crippen molar-refractivity contribution in [1.82, 2.24) is 9.97 Å². The minimum Gasteiger partial charge on any atom is -0.396 e. The lowest BCUT2D eigenvalue weighted by atomic mass is 9.95. The van der Waals surface area contributed by atoms with Crippen molar-refractivity contribution in [3.8, 4) is 0 Å². The van der Waals surface area contributed by atoms with Gasteiger partial charge in [-0.2, -0.15) is 4.98 Å². The predicted molar refractivity (Wildman–Crippen MR) is 68.1 cm³/mol. The van der Waals surface area contributed by atoms with Gasteiger partial charge in [-0.05, 0) is 25.2 Å². The number of rotatable bonds is 3. The van der Waals surface area contributed by atoms with Crippen molar-refractivity contribution in [1.29, 1.82) is 0 Å². The van der Waals surface area contributed by atoms with Crippen molar-refractivity contribution < 1.29 is 5.11 Å². The molecule has 1 aromatic heterocycles. The molecule has 3 N–H and O–H groups in total. The van der Waals surface area contributed by atoms with Crippen LogP contribution in [0.15, 0.2) is 6.20 Å². The highest BCUT2D eigenvalue weighted by Crippen LogP contribution is 2.28. The monoisotopic (exact) mass is 256 g/mol. The fraction of sp³-hybridized carbons (Fsp3) is 0.636. The molecule has 1 atom stereocenters. The van der Waals surface area contributed by atoms with E-state index in [1.807, 2.05) is 0 Å². The molecule has 1 aromatic rings. The van der Waals surface area contributed by atoms with Crippen LogP contribution in [0.5, 0.6) is 0 Å². The van der Waals surface area contributed by atoms with Gasteiger partial charge in [-0.15, -0.1) is 0 Å². The van der Waals surface area contributed by atoms with Crippen molar-refractivity contribution in [3.05, 3.63) is 11.2 Å². The van der Waals surface area contributed by atoms with E-state index in [1.54, 1.807) is 0 Å². The molecule has 5 nitrogen and oxygen atoms in total. The molecule has 1 unspecified atom stereocenters. The minimum absolute atomic E-state index is 0.234. The molecule has 0 radical (unpaired) electrons. The summed E-state index contributed by atoms with van der Waals surface area (Å²) in [4.78, 5) is 10.2. The Kier molecular flexibility index (Phi) is 4.02. The summed E-state index contributed by atoms with van der Waals surface area (Å²) in [5, 5.41) is 9.52. The Hall–Kier alpha value is -1.07. The highest BCUT2D eigenvalue weighted by Gasteiger charge is 2.22. The first-order valence-electron chi connectivity index (χ1n) is 5.84. The van der Waals surface area contributed by atoms with Gasteiger partial charge in [0.05, 0.1) is 6.20 Å². The van der Waals surface area contributed by atoms with Gasteiger partial charge in [0.25, 0.3) is 0 Å². The minimum atomic E-state index is 0.234. The van der Waals surface area contributed by atoms with Gasteiger partial charge < -0.3 is 15.7 Å². The third-order valence-corrected chi connectivity index (χ3v) is 3.37. The molecule has 2 heterocycles. The maximum absolute atomic E-state index is 8.98. The Morgan fingerprint density at radius 1 is 1.59 bits per heavy atom. The molecule has 0 saturated carbocycles. The van der Waals surface area contributed by atoms with Gasteiger partial charge in [0.1, 0.15) is 5.02 Å². The first-order chi connectivity index (χ1) is 8.20. The largest absolute Gasteiger partial charge is 0.396 e. The number of aliphatic hydroxyl groups excluding tert-OH is 1. The van der Waals surface area contributed by atoms with Crippen molar-refractivity contribution in [3.63, 3.8) is 0 Å². The van der Waals surface area contributed by atoms with Crippen LogP contribution in [0.25, 0.3) is 0 Å². The second-order valence-electron chi connectivity index (χ2n) is 4.37. The summed E-state index contributed by atoms with van der Waals surface area (Å²) in [7, 11) is 0. The molecule has 1 saturated heterocycles. The van der Waals surface area contributed by atoms with Gasteiger partial charge in [0.15, 0.2) is 5.82 Å². The quantitative estimate of drug-likeness (QED) is 0.853. The maximum atomic E-state index is 8.98. The van der Waals surface area contributed by atoms with E-state index in [9.17, 15) is 0 Å². The van der Waals surface area contributed by atoms with Gasteiger partial charge in [-0.1, -0.05) is 11.6 Å². The molecule has 17 heavy (non-hydrogen) atoms. The highest BCUT2D eigenvalue weighted by molar-refractivity contribution is 6.32. The molecular weight excluding hydrogens is 240 g/mol. The number of piperidine rings is 1. The second-order valence-corrected chi connectivity index (χ2v) is 4.77. The maximum Gasteiger partial charge on any atom is 0.222 e. The number of hydrogen-bond acceptors (Lipinski definition) is 5. The number of nitrogens with two attached hydrogens (primary N) is 1. The third-order valence-electron chi connectivity index (χ3n) is 3.10. The number of hydrogen-bond donors (Lipinski definition) is 2. The highest BCUT2D eigenvalue weighted by atomic mass is 35.5. The normalized spacial score (nSPS) is 20.6.